The zero-order chi connectivity index (χ0) is 16.2. The highest BCUT2D eigenvalue weighted by molar-refractivity contribution is 7.10. The Hall–Kier alpha value is -1.72. The Balaban J connectivity index is 1.73. The Morgan fingerprint density at radius 1 is 1.35 bits per heavy atom. The number of amides is 1. The number of carbonyl (C=O) groups is 1. The second-order valence-electron chi connectivity index (χ2n) is 6.31. The van der Waals surface area contributed by atoms with Gasteiger partial charge in [-0.3, -0.25) is 4.79 Å². The van der Waals surface area contributed by atoms with E-state index in [1.807, 2.05) is 23.1 Å². The zero-order valence-corrected chi connectivity index (χ0v) is 14.3. The number of nitrogens with zero attached hydrogens (tertiary/aromatic N) is 2. The lowest BCUT2D eigenvalue weighted by Crippen LogP contribution is -2.30. The van der Waals surface area contributed by atoms with Crippen molar-refractivity contribution >= 4 is 17.2 Å². The van der Waals surface area contributed by atoms with Crippen LogP contribution < -0.4 is 5.73 Å². The molecule has 0 spiro atoms. The number of thiazole rings is 1. The average molecular weight is 329 g/mol. The van der Waals surface area contributed by atoms with Gasteiger partial charge in [0.15, 0.2) is 0 Å². The first-order valence-corrected chi connectivity index (χ1v) is 9.02. The Labute approximate surface area is 141 Å². The van der Waals surface area contributed by atoms with E-state index in [1.54, 1.807) is 16.8 Å². The Bertz CT molecular complexity index is 655. The summed E-state index contributed by atoms with van der Waals surface area (Å²) in [5.74, 6) is 1.10. The molecule has 2 N–H and O–H groups in total. The van der Waals surface area contributed by atoms with E-state index in [9.17, 15) is 4.79 Å². The summed E-state index contributed by atoms with van der Waals surface area (Å²) in [4.78, 5) is 20.2. The molecular weight excluding hydrogens is 306 g/mol. The fraction of sp³-hybridized carbons (Fsp3) is 0.444. The summed E-state index contributed by atoms with van der Waals surface area (Å²) in [6.07, 6.45) is 1.75. The molecule has 4 nitrogen and oxygen atoms in total. The molecule has 1 saturated heterocycles. The highest BCUT2D eigenvalue weighted by Gasteiger charge is 2.33. The predicted octanol–water partition coefficient (Wildman–Crippen LogP) is 2.79. The van der Waals surface area contributed by atoms with Crippen LogP contribution in [0.15, 0.2) is 35.8 Å². The summed E-state index contributed by atoms with van der Waals surface area (Å²) in [5.41, 5.74) is 9.30. The van der Waals surface area contributed by atoms with E-state index in [2.05, 4.69) is 24.0 Å². The minimum absolute atomic E-state index is 0.0727. The van der Waals surface area contributed by atoms with E-state index in [0.29, 0.717) is 24.1 Å². The number of likely N-dealkylation sites (tertiary alicyclic amines) is 1. The maximum absolute atomic E-state index is 12.9. The average Bonchev–Trinajstić information content (AvgIpc) is 3.15. The van der Waals surface area contributed by atoms with Gasteiger partial charge in [-0.15, -0.1) is 11.3 Å². The van der Waals surface area contributed by atoms with E-state index in [-0.39, 0.29) is 5.91 Å². The molecule has 2 aromatic rings. The number of benzene rings is 1. The molecule has 1 fully saturated rings. The molecule has 0 radical (unpaired) electrons. The largest absolute Gasteiger partial charge is 0.337 e. The van der Waals surface area contributed by atoms with Crippen molar-refractivity contribution in [1.82, 2.24) is 9.88 Å². The van der Waals surface area contributed by atoms with Gasteiger partial charge in [0.25, 0.3) is 5.91 Å². The number of aromatic nitrogens is 1. The van der Waals surface area contributed by atoms with Crippen LogP contribution >= 0.6 is 11.3 Å². The van der Waals surface area contributed by atoms with Gasteiger partial charge < -0.3 is 10.6 Å². The van der Waals surface area contributed by atoms with Crippen LogP contribution in [0.25, 0.3) is 0 Å². The molecule has 5 heteroatoms. The predicted molar refractivity (Wildman–Crippen MR) is 93.6 cm³/mol. The maximum atomic E-state index is 12.9. The minimum Gasteiger partial charge on any atom is -0.337 e. The van der Waals surface area contributed by atoms with Crippen molar-refractivity contribution in [3.8, 4) is 0 Å². The van der Waals surface area contributed by atoms with E-state index < -0.39 is 0 Å². The van der Waals surface area contributed by atoms with Crippen molar-refractivity contribution in [3.63, 3.8) is 0 Å². The fourth-order valence-electron chi connectivity index (χ4n) is 3.29. The number of hydrogen-bond donors (Lipinski definition) is 1. The highest BCUT2D eigenvalue weighted by Crippen LogP contribution is 2.28. The molecule has 122 valence electrons. The first-order chi connectivity index (χ1) is 11.2. The molecular formula is C18H23N3OS. The topological polar surface area (TPSA) is 59.2 Å². The van der Waals surface area contributed by atoms with Gasteiger partial charge in [0.1, 0.15) is 5.69 Å². The first kappa shape index (κ1) is 16.1. The highest BCUT2D eigenvalue weighted by atomic mass is 32.1. The summed E-state index contributed by atoms with van der Waals surface area (Å²) in [7, 11) is 0. The summed E-state index contributed by atoms with van der Waals surface area (Å²) in [6.45, 7) is 4.51. The van der Waals surface area contributed by atoms with Crippen LogP contribution in [0, 0.1) is 11.8 Å². The van der Waals surface area contributed by atoms with Crippen molar-refractivity contribution in [2.24, 2.45) is 17.6 Å². The Morgan fingerprint density at radius 2 is 2.13 bits per heavy atom. The molecule has 1 aliphatic heterocycles. The van der Waals surface area contributed by atoms with Crippen molar-refractivity contribution < 1.29 is 4.79 Å². The standard InChI is InChI=1S/C18H23N3OS/c1-13-10-21(11-15(13)7-8-19)18(22)17-16(23-12-20-17)9-14-5-3-2-4-6-14/h2-6,12-13,15H,7-11,19H2,1H3/t13-,15-/m1/s1. The lowest BCUT2D eigenvalue weighted by molar-refractivity contribution is 0.0778. The molecule has 2 atom stereocenters. The molecule has 0 bridgehead atoms. The van der Waals surface area contributed by atoms with Crippen LogP contribution in [0.2, 0.25) is 0 Å². The smallest absolute Gasteiger partial charge is 0.273 e. The monoisotopic (exact) mass is 329 g/mol. The molecule has 1 amide bonds. The van der Waals surface area contributed by atoms with Gasteiger partial charge in [-0.05, 0) is 30.4 Å². The third kappa shape index (κ3) is 3.62. The first-order valence-electron chi connectivity index (χ1n) is 8.14. The molecule has 0 aliphatic carbocycles. The van der Waals surface area contributed by atoms with Crippen LogP contribution in [0.4, 0.5) is 0 Å². The van der Waals surface area contributed by atoms with Crippen LogP contribution in [-0.4, -0.2) is 35.4 Å². The van der Waals surface area contributed by atoms with Crippen molar-refractivity contribution in [3.05, 3.63) is 52.0 Å². The SMILES string of the molecule is C[C@@H]1CN(C(=O)c2ncsc2Cc2ccccc2)C[C@H]1CCN. The van der Waals surface area contributed by atoms with Crippen LogP contribution in [0.3, 0.4) is 0 Å². The van der Waals surface area contributed by atoms with Crippen molar-refractivity contribution in [1.29, 1.82) is 0 Å². The number of rotatable bonds is 5. The quantitative estimate of drug-likeness (QED) is 0.917. The second kappa shape index (κ2) is 7.23. The Morgan fingerprint density at radius 3 is 2.87 bits per heavy atom. The lowest BCUT2D eigenvalue weighted by Gasteiger charge is -2.16. The van der Waals surface area contributed by atoms with Crippen molar-refractivity contribution in [2.75, 3.05) is 19.6 Å². The Kier molecular flexibility index (Phi) is 5.08. The molecule has 1 aliphatic rings. The summed E-state index contributed by atoms with van der Waals surface area (Å²) < 4.78 is 0. The van der Waals surface area contributed by atoms with Gasteiger partial charge in [-0.2, -0.15) is 0 Å². The molecule has 23 heavy (non-hydrogen) atoms. The van der Waals surface area contributed by atoms with Gasteiger partial charge in [0, 0.05) is 24.4 Å². The normalized spacial score (nSPS) is 20.9. The molecule has 2 heterocycles. The minimum atomic E-state index is 0.0727. The van der Waals surface area contributed by atoms with Gasteiger partial charge >= 0.3 is 0 Å². The van der Waals surface area contributed by atoms with Gasteiger partial charge in [0.2, 0.25) is 0 Å². The molecule has 0 unspecified atom stereocenters. The molecule has 0 saturated carbocycles. The van der Waals surface area contributed by atoms with Crippen LogP contribution in [0.5, 0.6) is 0 Å². The number of nitrogens with two attached hydrogens (primary N) is 1. The second-order valence-corrected chi connectivity index (χ2v) is 7.25. The zero-order valence-electron chi connectivity index (χ0n) is 13.4. The lowest BCUT2D eigenvalue weighted by atomic mass is 9.95. The molecule has 1 aromatic heterocycles. The third-order valence-electron chi connectivity index (χ3n) is 4.64. The summed E-state index contributed by atoms with van der Waals surface area (Å²) >= 11 is 1.56. The van der Waals surface area contributed by atoms with Crippen LogP contribution in [0.1, 0.15) is 34.3 Å². The van der Waals surface area contributed by atoms with E-state index in [1.165, 1.54) is 5.56 Å². The molecule has 3 rings (SSSR count). The van der Waals surface area contributed by atoms with Gasteiger partial charge in [0.05, 0.1) is 5.51 Å². The van der Waals surface area contributed by atoms with E-state index in [0.717, 1.165) is 30.8 Å². The van der Waals surface area contributed by atoms with Gasteiger partial charge in [-0.25, -0.2) is 4.98 Å². The van der Waals surface area contributed by atoms with E-state index in [4.69, 9.17) is 5.73 Å². The summed E-state index contributed by atoms with van der Waals surface area (Å²) in [6, 6.07) is 10.2. The summed E-state index contributed by atoms with van der Waals surface area (Å²) in [5, 5.41) is 0. The maximum Gasteiger partial charge on any atom is 0.273 e. The third-order valence-corrected chi connectivity index (χ3v) is 5.48. The fourth-order valence-corrected chi connectivity index (χ4v) is 4.08. The van der Waals surface area contributed by atoms with E-state index >= 15 is 0 Å². The molecule has 1 aromatic carbocycles. The van der Waals surface area contributed by atoms with Crippen LogP contribution in [-0.2, 0) is 6.42 Å². The van der Waals surface area contributed by atoms with Crippen molar-refractivity contribution in [2.45, 2.75) is 19.8 Å². The van der Waals surface area contributed by atoms with Gasteiger partial charge in [-0.1, -0.05) is 37.3 Å². The number of hydrogen-bond acceptors (Lipinski definition) is 4. The number of carbonyl (C=O) groups excluding carboxylic acids is 1.